The maximum absolute atomic E-state index is 12.4. The smallest absolute Gasteiger partial charge is 0.264 e. The molecule has 0 N–H and O–H groups in total. The van der Waals surface area contributed by atoms with Crippen molar-refractivity contribution in [1.29, 1.82) is 0 Å². The summed E-state index contributed by atoms with van der Waals surface area (Å²) in [5, 5.41) is 1.93. The van der Waals surface area contributed by atoms with E-state index in [-0.39, 0.29) is 11.8 Å². The van der Waals surface area contributed by atoms with Crippen LogP contribution in [0.1, 0.15) is 48.2 Å². The van der Waals surface area contributed by atoms with Crippen LogP contribution < -0.4 is 0 Å². The van der Waals surface area contributed by atoms with Crippen molar-refractivity contribution < 1.29 is 9.59 Å². The van der Waals surface area contributed by atoms with Crippen LogP contribution in [-0.2, 0) is 4.79 Å². The molecule has 2 aliphatic rings. The molecule has 2 heterocycles. The summed E-state index contributed by atoms with van der Waals surface area (Å²) in [6.45, 7) is 2.69. The second-order valence-electron chi connectivity index (χ2n) is 6.36. The molecule has 3 rings (SSSR count). The zero-order valence-corrected chi connectivity index (χ0v) is 13.8. The Kier molecular flexibility index (Phi) is 5.13. The van der Waals surface area contributed by atoms with Crippen LogP contribution in [0.4, 0.5) is 0 Å². The summed E-state index contributed by atoms with van der Waals surface area (Å²) < 4.78 is 0. The van der Waals surface area contributed by atoms with Crippen LogP contribution >= 0.6 is 11.3 Å². The largest absolute Gasteiger partial charge is 0.339 e. The van der Waals surface area contributed by atoms with Gasteiger partial charge >= 0.3 is 0 Å². The molecule has 1 aromatic heterocycles. The number of amides is 2. The molecule has 2 amide bonds. The molecule has 0 spiro atoms. The van der Waals surface area contributed by atoms with Gasteiger partial charge in [0.15, 0.2) is 0 Å². The van der Waals surface area contributed by atoms with E-state index in [1.54, 1.807) is 0 Å². The number of thiophene rings is 1. The molecule has 0 radical (unpaired) electrons. The number of nitrogens with zero attached hydrogens (tertiary/aromatic N) is 2. The van der Waals surface area contributed by atoms with Crippen molar-refractivity contribution in [1.82, 2.24) is 9.80 Å². The van der Waals surface area contributed by atoms with Gasteiger partial charge in [0.25, 0.3) is 5.91 Å². The molecule has 1 aliphatic carbocycles. The van der Waals surface area contributed by atoms with Crippen molar-refractivity contribution in [2.75, 3.05) is 26.2 Å². The van der Waals surface area contributed by atoms with Gasteiger partial charge in [-0.3, -0.25) is 9.59 Å². The van der Waals surface area contributed by atoms with Crippen LogP contribution in [-0.4, -0.2) is 47.8 Å². The molecule has 1 saturated carbocycles. The van der Waals surface area contributed by atoms with Gasteiger partial charge in [-0.05, 0) is 30.2 Å². The van der Waals surface area contributed by atoms with E-state index in [0.29, 0.717) is 38.5 Å². The van der Waals surface area contributed by atoms with Crippen molar-refractivity contribution in [3.05, 3.63) is 22.4 Å². The van der Waals surface area contributed by atoms with E-state index in [1.807, 2.05) is 27.3 Å². The van der Waals surface area contributed by atoms with E-state index in [2.05, 4.69) is 0 Å². The summed E-state index contributed by atoms with van der Waals surface area (Å²) in [5.74, 6) is 0.983. The Morgan fingerprint density at radius 2 is 1.73 bits per heavy atom. The normalized spacial score (nSPS) is 20.2. The molecule has 5 heteroatoms. The van der Waals surface area contributed by atoms with Crippen molar-refractivity contribution in [2.24, 2.45) is 5.92 Å². The molecule has 22 heavy (non-hydrogen) atoms. The lowest BCUT2D eigenvalue weighted by Gasteiger charge is -2.35. The van der Waals surface area contributed by atoms with Gasteiger partial charge in [0, 0.05) is 32.6 Å². The number of carbonyl (C=O) groups is 2. The zero-order valence-electron chi connectivity index (χ0n) is 13.0. The predicted octanol–water partition coefficient (Wildman–Crippen LogP) is 3.00. The Labute approximate surface area is 136 Å². The summed E-state index contributed by atoms with van der Waals surface area (Å²) in [4.78, 5) is 29.3. The van der Waals surface area contributed by atoms with E-state index < -0.39 is 0 Å². The van der Waals surface area contributed by atoms with Gasteiger partial charge in [0.05, 0.1) is 4.88 Å². The summed E-state index contributed by atoms with van der Waals surface area (Å²) in [6, 6.07) is 3.77. The fourth-order valence-corrected chi connectivity index (χ4v) is 4.17. The molecule has 0 bridgehead atoms. The number of piperazine rings is 1. The summed E-state index contributed by atoms with van der Waals surface area (Å²) in [5.41, 5.74) is 0. The molecular formula is C17H24N2O2S. The van der Waals surface area contributed by atoms with Gasteiger partial charge in [-0.15, -0.1) is 11.3 Å². The molecule has 1 aromatic rings. The Morgan fingerprint density at radius 3 is 2.36 bits per heavy atom. The minimum Gasteiger partial charge on any atom is -0.339 e. The van der Waals surface area contributed by atoms with Crippen LogP contribution in [0.25, 0.3) is 0 Å². The third-order valence-corrected chi connectivity index (χ3v) is 5.70. The highest BCUT2D eigenvalue weighted by atomic mass is 32.1. The first kappa shape index (κ1) is 15.5. The lowest BCUT2D eigenvalue weighted by Crippen LogP contribution is -2.50. The summed E-state index contributed by atoms with van der Waals surface area (Å²) in [7, 11) is 0. The fraction of sp³-hybridized carbons (Fsp3) is 0.647. The van der Waals surface area contributed by atoms with Crippen molar-refractivity contribution in [2.45, 2.75) is 38.5 Å². The van der Waals surface area contributed by atoms with Crippen LogP contribution in [0, 0.1) is 5.92 Å². The maximum Gasteiger partial charge on any atom is 0.264 e. The zero-order chi connectivity index (χ0) is 15.4. The second-order valence-corrected chi connectivity index (χ2v) is 7.31. The summed E-state index contributed by atoms with van der Waals surface area (Å²) >= 11 is 1.48. The molecule has 0 atom stereocenters. The lowest BCUT2D eigenvalue weighted by atomic mass is 9.86. The Hall–Kier alpha value is -1.36. The third kappa shape index (κ3) is 3.69. The van der Waals surface area contributed by atoms with Crippen LogP contribution in [0.5, 0.6) is 0 Å². The van der Waals surface area contributed by atoms with Gasteiger partial charge in [-0.25, -0.2) is 0 Å². The minimum absolute atomic E-state index is 0.106. The second kappa shape index (κ2) is 7.27. The highest BCUT2D eigenvalue weighted by Crippen LogP contribution is 2.27. The van der Waals surface area contributed by atoms with Crippen LogP contribution in [0.15, 0.2) is 17.5 Å². The molecule has 0 unspecified atom stereocenters. The van der Waals surface area contributed by atoms with E-state index in [0.717, 1.165) is 4.88 Å². The lowest BCUT2D eigenvalue weighted by molar-refractivity contribution is -0.133. The van der Waals surface area contributed by atoms with Crippen LogP contribution in [0.2, 0.25) is 0 Å². The molecule has 2 fully saturated rings. The van der Waals surface area contributed by atoms with E-state index in [1.165, 1.54) is 43.4 Å². The van der Waals surface area contributed by atoms with Gasteiger partial charge in [-0.2, -0.15) is 0 Å². The van der Waals surface area contributed by atoms with E-state index >= 15 is 0 Å². The fourth-order valence-electron chi connectivity index (χ4n) is 3.48. The van der Waals surface area contributed by atoms with Crippen molar-refractivity contribution >= 4 is 23.2 Å². The van der Waals surface area contributed by atoms with Crippen molar-refractivity contribution in [3.8, 4) is 0 Å². The standard InChI is InChI=1S/C17H24N2O2S/c20-16(13-14-5-2-1-3-6-14)18-8-10-19(11-9-18)17(21)15-7-4-12-22-15/h4,7,12,14H,1-3,5-6,8-11,13H2. The molecule has 1 saturated heterocycles. The average Bonchev–Trinajstić information content (AvgIpc) is 3.10. The molecule has 0 aromatic carbocycles. The summed E-state index contributed by atoms with van der Waals surface area (Å²) in [6.07, 6.45) is 7.01. The number of carbonyl (C=O) groups excluding carboxylic acids is 2. The van der Waals surface area contributed by atoms with Gasteiger partial charge < -0.3 is 9.80 Å². The molecule has 120 valence electrons. The molecular weight excluding hydrogens is 296 g/mol. The van der Waals surface area contributed by atoms with E-state index in [9.17, 15) is 9.59 Å². The highest BCUT2D eigenvalue weighted by molar-refractivity contribution is 7.12. The molecule has 1 aliphatic heterocycles. The first-order valence-corrected chi connectivity index (χ1v) is 9.22. The average molecular weight is 320 g/mol. The predicted molar refractivity (Wildman–Crippen MR) is 88.0 cm³/mol. The quantitative estimate of drug-likeness (QED) is 0.859. The Balaban J connectivity index is 1.46. The minimum atomic E-state index is 0.106. The maximum atomic E-state index is 12.4. The molecule has 4 nitrogen and oxygen atoms in total. The topological polar surface area (TPSA) is 40.6 Å². The number of hydrogen-bond donors (Lipinski definition) is 0. The first-order valence-electron chi connectivity index (χ1n) is 8.34. The van der Waals surface area contributed by atoms with Crippen molar-refractivity contribution in [3.63, 3.8) is 0 Å². The van der Waals surface area contributed by atoms with Gasteiger partial charge in [-0.1, -0.05) is 25.3 Å². The van der Waals surface area contributed by atoms with Crippen LogP contribution in [0.3, 0.4) is 0 Å². The number of hydrogen-bond acceptors (Lipinski definition) is 3. The van der Waals surface area contributed by atoms with E-state index in [4.69, 9.17) is 0 Å². The monoisotopic (exact) mass is 320 g/mol. The third-order valence-electron chi connectivity index (χ3n) is 4.84. The van der Waals surface area contributed by atoms with Gasteiger partial charge in [0.2, 0.25) is 5.91 Å². The first-order chi connectivity index (χ1) is 10.7. The van der Waals surface area contributed by atoms with Gasteiger partial charge in [0.1, 0.15) is 0 Å². The highest BCUT2D eigenvalue weighted by Gasteiger charge is 2.27. The SMILES string of the molecule is O=C(CC1CCCCC1)N1CCN(C(=O)c2cccs2)CC1. The Morgan fingerprint density at radius 1 is 1.05 bits per heavy atom. The number of rotatable bonds is 3. The Bertz CT molecular complexity index is 501.